The van der Waals surface area contributed by atoms with E-state index >= 15 is 0 Å². The van der Waals surface area contributed by atoms with E-state index in [2.05, 4.69) is 30.8 Å². The molecule has 0 aliphatic carbocycles. The summed E-state index contributed by atoms with van der Waals surface area (Å²) in [4.78, 5) is 16.5. The molecule has 24 heavy (non-hydrogen) atoms. The molecule has 3 rings (SSSR count). The van der Waals surface area contributed by atoms with Crippen LogP contribution in [0.15, 0.2) is 59.3 Å². The number of imidazole rings is 1. The molecule has 4 nitrogen and oxygen atoms in total. The highest BCUT2D eigenvalue weighted by Gasteiger charge is 2.08. The average molecular weight is 405 g/mol. The van der Waals surface area contributed by atoms with Crippen molar-refractivity contribution in [3.63, 3.8) is 0 Å². The van der Waals surface area contributed by atoms with Gasteiger partial charge in [-0.15, -0.1) is 0 Å². The number of amides is 1. The molecule has 0 unspecified atom stereocenters. The van der Waals surface area contributed by atoms with Gasteiger partial charge in [-0.25, -0.2) is 4.98 Å². The van der Waals surface area contributed by atoms with Crippen molar-refractivity contribution < 1.29 is 4.79 Å². The van der Waals surface area contributed by atoms with Gasteiger partial charge in [-0.2, -0.15) is 0 Å². The molecule has 0 spiro atoms. The smallest absolute Gasteiger partial charge is 0.255 e. The van der Waals surface area contributed by atoms with Crippen molar-refractivity contribution in [3.05, 3.63) is 81.3 Å². The molecule has 0 aliphatic heterocycles. The number of aryl methyl sites for hydroxylation is 1. The predicted molar refractivity (Wildman–Crippen MR) is 99.6 cm³/mol. The Kier molecular flexibility index (Phi) is 5.02. The SMILES string of the molecule is Cc1nccn1Cc1ccc(C(=O)Nc2ccc(Br)c(Cl)c2)cc1. The zero-order valence-corrected chi connectivity index (χ0v) is 15.3. The summed E-state index contributed by atoms with van der Waals surface area (Å²) in [6.45, 7) is 2.70. The van der Waals surface area contributed by atoms with Crippen molar-refractivity contribution in [2.24, 2.45) is 0 Å². The van der Waals surface area contributed by atoms with E-state index in [1.54, 1.807) is 24.4 Å². The molecular formula is C18H15BrClN3O. The minimum Gasteiger partial charge on any atom is -0.331 e. The first kappa shape index (κ1) is 16.7. The van der Waals surface area contributed by atoms with Gasteiger partial charge in [0.1, 0.15) is 5.82 Å². The first-order valence-electron chi connectivity index (χ1n) is 7.36. The van der Waals surface area contributed by atoms with Crippen LogP contribution in [0.25, 0.3) is 0 Å². The summed E-state index contributed by atoms with van der Waals surface area (Å²) in [6, 6.07) is 12.8. The third kappa shape index (κ3) is 3.86. The number of carbonyl (C=O) groups excluding carboxylic acids is 1. The molecule has 6 heteroatoms. The van der Waals surface area contributed by atoms with E-state index in [9.17, 15) is 4.79 Å². The number of anilines is 1. The number of halogens is 2. The predicted octanol–water partition coefficient (Wildman–Crippen LogP) is 4.91. The summed E-state index contributed by atoms with van der Waals surface area (Å²) in [5.41, 5.74) is 2.37. The molecule has 0 radical (unpaired) electrons. The Morgan fingerprint density at radius 1 is 1.25 bits per heavy atom. The monoisotopic (exact) mass is 403 g/mol. The maximum atomic E-state index is 12.3. The molecule has 1 N–H and O–H groups in total. The fraction of sp³-hybridized carbons (Fsp3) is 0.111. The Labute approximate surface area is 153 Å². The third-order valence-corrected chi connectivity index (χ3v) is 4.90. The van der Waals surface area contributed by atoms with E-state index < -0.39 is 0 Å². The van der Waals surface area contributed by atoms with Crippen LogP contribution in [0.3, 0.4) is 0 Å². The number of hydrogen-bond donors (Lipinski definition) is 1. The van der Waals surface area contributed by atoms with Gasteiger partial charge >= 0.3 is 0 Å². The van der Waals surface area contributed by atoms with Gasteiger partial charge in [0.2, 0.25) is 0 Å². The van der Waals surface area contributed by atoms with Crippen molar-refractivity contribution in [3.8, 4) is 0 Å². The van der Waals surface area contributed by atoms with Crippen molar-refractivity contribution >= 4 is 39.1 Å². The topological polar surface area (TPSA) is 46.9 Å². The lowest BCUT2D eigenvalue weighted by atomic mass is 10.1. The van der Waals surface area contributed by atoms with E-state index in [4.69, 9.17) is 11.6 Å². The number of nitrogens with zero attached hydrogens (tertiary/aromatic N) is 2. The molecule has 0 atom stereocenters. The molecule has 0 saturated carbocycles. The normalized spacial score (nSPS) is 10.6. The van der Waals surface area contributed by atoms with E-state index in [-0.39, 0.29) is 5.91 Å². The highest BCUT2D eigenvalue weighted by Crippen LogP contribution is 2.25. The second-order valence-electron chi connectivity index (χ2n) is 5.38. The maximum absolute atomic E-state index is 12.3. The van der Waals surface area contributed by atoms with Crippen LogP contribution in [0.1, 0.15) is 21.7 Å². The van der Waals surface area contributed by atoms with Crippen molar-refractivity contribution in [1.29, 1.82) is 0 Å². The third-order valence-electron chi connectivity index (χ3n) is 3.67. The molecule has 1 amide bonds. The van der Waals surface area contributed by atoms with E-state index in [0.717, 1.165) is 22.4 Å². The summed E-state index contributed by atoms with van der Waals surface area (Å²) >= 11 is 9.37. The van der Waals surface area contributed by atoms with Gasteiger partial charge < -0.3 is 9.88 Å². The Hall–Kier alpha value is -2.11. The Morgan fingerprint density at radius 2 is 2.00 bits per heavy atom. The fourth-order valence-corrected chi connectivity index (χ4v) is 2.73. The molecule has 122 valence electrons. The summed E-state index contributed by atoms with van der Waals surface area (Å²) < 4.78 is 2.85. The minimum absolute atomic E-state index is 0.168. The van der Waals surface area contributed by atoms with Gasteiger partial charge in [0.05, 0.1) is 5.02 Å². The number of nitrogens with one attached hydrogen (secondary N) is 1. The van der Waals surface area contributed by atoms with Crippen LogP contribution in [0.2, 0.25) is 5.02 Å². The van der Waals surface area contributed by atoms with Crippen molar-refractivity contribution in [2.75, 3.05) is 5.32 Å². The van der Waals surface area contributed by atoms with Gasteiger partial charge in [-0.1, -0.05) is 23.7 Å². The number of benzene rings is 2. The lowest BCUT2D eigenvalue weighted by Gasteiger charge is -2.08. The molecule has 0 aliphatic rings. The molecular weight excluding hydrogens is 390 g/mol. The van der Waals surface area contributed by atoms with E-state index in [1.165, 1.54) is 0 Å². The lowest BCUT2D eigenvalue weighted by molar-refractivity contribution is 0.102. The van der Waals surface area contributed by atoms with Crippen LogP contribution >= 0.6 is 27.5 Å². The molecule has 3 aromatic rings. The molecule has 0 saturated heterocycles. The average Bonchev–Trinajstić information content (AvgIpc) is 2.97. The standard InChI is InChI=1S/C18H15BrClN3O/c1-12-21-8-9-23(12)11-13-2-4-14(5-3-13)18(24)22-15-6-7-16(19)17(20)10-15/h2-10H,11H2,1H3,(H,22,24). The summed E-state index contributed by atoms with van der Waals surface area (Å²) in [5, 5.41) is 3.40. The molecule has 1 heterocycles. The number of aromatic nitrogens is 2. The maximum Gasteiger partial charge on any atom is 0.255 e. The molecule has 1 aromatic heterocycles. The van der Waals surface area contributed by atoms with Gasteiger partial charge in [-0.3, -0.25) is 4.79 Å². The van der Waals surface area contributed by atoms with E-state index in [1.807, 2.05) is 37.4 Å². The van der Waals surface area contributed by atoms with Gasteiger partial charge in [-0.05, 0) is 58.7 Å². The highest BCUT2D eigenvalue weighted by molar-refractivity contribution is 9.10. The zero-order valence-electron chi connectivity index (χ0n) is 13.0. The van der Waals surface area contributed by atoms with E-state index in [0.29, 0.717) is 16.3 Å². The Morgan fingerprint density at radius 3 is 2.62 bits per heavy atom. The molecule has 0 bridgehead atoms. The van der Waals surface area contributed by atoms with Crippen LogP contribution in [0.5, 0.6) is 0 Å². The number of carbonyl (C=O) groups is 1. The summed E-state index contributed by atoms with van der Waals surface area (Å²) in [6.07, 6.45) is 3.72. The molecule has 0 fully saturated rings. The van der Waals surface area contributed by atoms with Crippen LogP contribution < -0.4 is 5.32 Å². The van der Waals surface area contributed by atoms with Crippen LogP contribution in [0.4, 0.5) is 5.69 Å². The van der Waals surface area contributed by atoms with Gasteiger partial charge in [0.25, 0.3) is 5.91 Å². The fourth-order valence-electron chi connectivity index (χ4n) is 2.31. The van der Waals surface area contributed by atoms with Crippen LogP contribution in [-0.2, 0) is 6.54 Å². The highest BCUT2D eigenvalue weighted by atomic mass is 79.9. The van der Waals surface area contributed by atoms with Crippen LogP contribution in [-0.4, -0.2) is 15.5 Å². The van der Waals surface area contributed by atoms with Gasteiger partial charge in [0.15, 0.2) is 0 Å². The lowest BCUT2D eigenvalue weighted by Crippen LogP contribution is -2.12. The second kappa shape index (κ2) is 7.20. The van der Waals surface area contributed by atoms with Crippen LogP contribution in [0, 0.1) is 6.92 Å². The summed E-state index contributed by atoms with van der Waals surface area (Å²) in [5.74, 6) is 0.794. The summed E-state index contributed by atoms with van der Waals surface area (Å²) in [7, 11) is 0. The number of rotatable bonds is 4. The Balaban J connectivity index is 1.69. The van der Waals surface area contributed by atoms with Crippen molar-refractivity contribution in [2.45, 2.75) is 13.5 Å². The van der Waals surface area contributed by atoms with Crippen molar-refractivity contribution in [1.82, 2.24) is 9.55 Å². The largest absolute Gasteiger partial charge is 0.331 e. The number of hydrogen-bond acceptors (Lipinski definition) is 2. The zero-order chi connectivity index (χ0) is 17.1. The first-order valence-corrected chi connectivity index (χ1v) is 8.53. The second-order valence-corrected chi connectivity index (χ2v) is 6.64. The molecule has 2 aromatic carbocycles. The van der Waals surface area contributed by atoms with Gasteiger partial charge in [0, 0.05) is 34.7 Å². The minimum atomic E-state index is -0.168. The first-order chi connectivity index (χ1) is 11.5. The Bertz CT molecular complexity index is 874. The quantitative estimate of drug-likeness (QED) is 0.672.